The van der Waals surface area contributed by atoms with E-state index in [4.69, 9.17) is 30.2 Å². The lowest BCUT2D eigenvalue weighted by Crippen LogP contribution is -2.43. The first kappa shape index (κ1) is 31.4. The number of para-hydroxylation sites is 2. The number of fused-ring (bicyclic) bond motifs is 1. The third-order valence-corrected chi connectivity index (χ3v) is 6.33. The number of amides is 1. The number of hydrogen-bond acceptors (Lipinski definition) is 9. The zero-order valence-corrected chi connectivity index (χ0v) is 23.4. The molecule has 2 aromatic carbocycles. The largest absolute Gasteiger partial charge is 0.492 e. The number of carboxylic acids is 1. The number of aliphatic hydroxyl groups is 1. The van der Waals surface area contributed by atoms with E-state index >= 15 is 0 Å². The van der Waals surface area contributed by atoms with Gasteiger partial charge in [-0.1, -0.05) is 24.3 Å². The third kappa shape index (κ3) is 9.78. The van der Waals surface area contributed by atoms with Gasteiger partial charge in [-0.25, -0.2) is 9.78 Å². The molecule has 0 aliphatic carbocycles. The fraction of sp³-hybridized carbons (Fsp3) is 0.414. The summed E-state index contributed by atoms with van der Waals surface area (Å²) < 4.78 is 16.8. The highest BCUT2D eigenvalue weighted by atomic mass is 16.5. The Bertz CT molecular complexity index is 1210. The maximum absolute atomic E-state index is 11.4. The van der Waals surface area contributed by atoms with E-state index in [1.807, 2.05) is 42.5 Å². The minimum absolute atomic E-state index is 0.296. The van der Waals surface area contributed by atoms with Crippen molar-refractivity contribution >= 4 is 17.6 Å². The number of anilines is 1. The van der Waals surface area contributed by atoms with Gasteiger partial charge < -0.3 is 44.9 Å². The summed E-state index contributed by atoms with van der Waals surface area (Å²) in [7, 11) is 1.49. The van der Waals surface area contributed by atoms with Crippen LogP contribution in [-0.2, 0) is 27.2 Å². The third-order valence-electron chi connectivity index (χ3n) is 6.33. The first-order valence-electron chi connectivity index (χ1n) is 13.4. The van der Waals surface area contributed by atoms with Crippen molar-refractivity contribution in [2.75, 3.05) is 51.6 Å². The molecule has 2 atom stereocenters. The van der Waals surface area contributed by atoms with Crippen LogP contribution in [-0.4, -0.2) is 95.8 Å². The van der Waals surface area contributed by atoms with E-state index in [2.05, 4.69) is 20.9 Å². The van der Waals surface area contributed by atoms with Crippen molar-refractivity contribution in [2.24, 2.45) is 5.73 Å². The molecule has 12 nitrogen and oxygen atoms in total. The highest BCUT2D eigenvalue weighted by Gasteiger charge is 2.19. The van der Waals surface area contributed by atoms with Gasteiger partial charge in [-0.15, -0.1) is 0 Å². The number of benzene rings is 2. The van der Waals surface area contributed by atoms with E-state index in [0.29, 0.717) is 32.7 Å². The molecule has 0 radical (unpaired) electrons. The fourth-order valence-electron chi connectivity index (χ4n) is 4.16. The molecule has 0 saturated carbocycles. The molecule has 4 rings (SSSR count). The van der Waals surface area contributed by atoms with Crippen molar-refractivity contribution in [3.63, 3.8) is 0 Å². The van der Waals surface area contributed by atoms with Crippen LogP contribution >= 0.6 is 0 Å². The Morgan fingerprint density at radius 3 is 2.61 bits per heavy atom. The van der Waals surface area contributed by atoms with Crippen LogP contribution in [0.15, 0.2) is 61.1 Å². The second-order valence-corrected chi connectivity index (χ2v) is 9.33. The molecular weight excluding hydrogens is 530 g/mol. The lowest BCUT2D eigenvalue weighted by Gasteiger charge is -2.31. The van der Waals surface area contributed by atoms with Crippen molar-refractivity contribution in [3.05, 3.63) is 72.3 Å². The van der Waals surface area contributed by atoms with Crippen LogP contribution in [0.3, 0.4) is 0 Å². The van der Waals surface area contributed by atoms with Gasteiger partial charge in [0, 0.05) is 32.7 Å². The maximum Gasteiger partial charge on any atom is 0.333 e. The normalized spacial score (nSPS) is 13.6. The Kier molecular flexibility index (Phi) is 12.4. The number of carbonyl (C=O) groups excluding carboxylic acids is 1. The summed E-state index contributed by atoms with van der Waals surface area (Å²) in [6.07, 6.45) is 3.11. The predicted molar refractivity (Wildman–Crippen MR) is 153 cm³/mol. The number of likely N-dealkylation sites (N-methyl/N-ethyl adjacent to an activating group) is 1. The molecule has 0 bridgehead atoms. The first-order valence-corrected chi connectivity index (χ1v) is 13.4. The Balaban J connectivity index is 0.000000278. The van der Waals surface area contributed by atoms with Crippen LogP contribution in [0.1, 0.15) is 18.2 Å². The van der Waals surface area contributed by atoms with Gasteiger partial charge in [0.05, 0.1) is 36.8 Å². The molecular formula is C29H39N5O7. The summed E-state index contributed by atoms with van der Waals surface area (Å²) in [6.45, 7) is 4.69. The van der Waals surface area contributed by atoms with Crippen LogP contribution in [0.25, 0.3) is 0 Å². The van der Waals surface area contributed by atoms with Crippen molar-refractivity contribution in [3.8, 4) is 11.5 Å². The number of hydrogen-bond donors (Lipinski definition) is 4. The van der Waals surface area contributed by atoms with Gasteiger partial charge in [-0.2, -0.15) is 0 Å². The minimum Gasteiger partial charge on any atom is -0.492 e. The number of aliphatic hydroxyl groups excluding tert-OH is 1. The van der Waals surface area contributed by atoms with Gasteiger partial charge in [-0.3, -0.25) is 4.79 Å². The van der Waals surface area contributed by atoms with E-state index < -0.39 is 18.1 Å². The fourth-order valence-corrected chi connectivity index (χ4v) is 4.16. The average Bonchev–Trinajstić information content (AvgIpc) is 3.50. The second-order valence-electron chi connectivity index (χ2n) is 9.33. The van der Waals surface area contributed by atoms with E-state index in [0.717, 1.165) is 46.4 Å². The number of nitrogens with two attached hydrogens (primary N) is 1. The van der Waals surface area contributed by atoms with Gasteiger partial charge in [0.15, 0.2) is 6.10 Å². The first-order chi connectivity index (χ1) is 19.8. The zero-order valence-electron chi connectivity index (χ0n) is 23.4. The second kappa shape index (κ2) is 16.2. The highest BCUT2D eigenvalue weighted by molar-refractivity contribution is 5.81. The molecule has 1 amide bonds. The summed E-state index contributed by atoms with van der Waals surface area (Å²) in [5.74, 6) is 0.442. The monoisotopic (exact) mass is 569 g/mol. The topological polar surface area (TPSA) is 163 Å². The number of aliphatic carboxylic acids is 1. The summed E-state index contributed by atoms with van der Waals surface area (Å²) in [6, 6.07) is 14.9. The lowest BCUT2D eigenvalue weighted by atomic mass is 10.1. The molecule has 0 fully saturated rings. The SMILES string of the molecule is CCOC(Cc1ccc(OCCN2CCOc3ccccc32)cc1)C(=O)O.CN(CO)C(=O)[C@@H](N)Cc1c[nH]cn1. The van der Waals surface area contributed by atoms with Gasteiger partial charge in [0.2, 0.25) is 5.91 Å². The quantitative estimate of drug-likeness (QED) is 0.223. The highest BCUT2D eigenvalue weighted by Crippen LogP contribution is 2.30. The number of aromatic amines is 1. The number of ether oxygens (including phenoxy) is 3. The van der Waals surface area contributed by atoms with Crippen molar-refractivity contribution in [1.82, 2.24) is 14.9 Å². The molecule has 1 aliphatic heterocycles. The van der Waals surface area contributed by atoms with Crippen LogP contribution in [0.2, 0.25) is 0 Å². The van der Waals surface area contributed by atoms with Gasteiger partial charge >= 0.3 is 5.97 Å². The van der Waals surface area contributed by atoms with E-state index in [-0.39, 0.29) is 12.6 Å². The number of carboxylic acid groups (broad SMARTS) is 1. The van der Waals surface area contributed by atoms with Crippen LogP contribution in [0, 0.1) is 0 Å². The van der Waals surface area contributed by atoms with Gasteiger partial charge in [-0.05, 0) is 36.8 Å². The van der Waals surface area contributed by atoms with Crippen molar-refractivity contribution in [1.29, 1.82) is 0 Å². The molecule has 0 spiro atoms. The van der Waals surface area contributed by atoms with Gasteiger partial charge in [0.1, 0.15) is 31.4 Å². The smallest absolute Gasteiger partial charge is 0.333 e. The summed E-state index contributed by atoms with van der Waals surface area (Å²) >= 11 is 0. The van der Waals surface area contributed by atoms with Gasteiger partial charge in [0.25, 0.3) is 0 Å². The summed E-state index contributed by atoms with van der Waals surface area (Å²) in [4.78, 5) is 32.7. The average molecular weight is 570 g/mol. The number of aromatic nitrogens is 2. The molecule has 5 N–H and O–H groups in total. The molecule has 1 unspecified atom stereocenters. The molecule has 41 heavy (non-hydrogen) atoms. The lowest BCUT2D eigenvalue weighted by molar-refractivity contribution is -0.150. The molecule has 1 aromatic heterocycles. The molecule has 0 saturated heterocycles. The van der Waals surface area contributed by atoms with Crippen LogP contribution in [0.4, 0.5) is 5.69 Å². The number of H-pyrrole nitrogens is 1. The van der Waals surface area contributed by atoms with Crippen LogP contribution in [0.5, 0.6) is 11.5 Å². The minimum atomic E-state index is -0.942. The Hall–Kier alpha value is -4.13. The van der Waals surface area contributed by atoms with Crippen LogP contribution < -0.4 is 20.1 Å². The Labute approximate surface area is 239 Å². The zero-order chi connectivity index (χ0) is 29.6. The number of imidazole rings is 1. The molecule has 1 aliphatic rings. The molecule has 222 valence electrons. The molecule has 3 aromatic rings. The van der Waals surface area contributed by atoms with E-state index in [1.165, 1.54) is 13.4 Å². The number of rotatable bonds is 13. The van der Waals surface area contributed by atoms with Crippen molar-refractivity contribution in [2.45, 2.75) is 31.9 Å². The summed E-state index contributed by atoms with van der Waals surface area (Å²) in [5, 5.41) is 17.9. The van der Waals surface area contributed by atoms with E-state index in [1.54, 1.807) is 13.1 Å². The Morgan fingerprint density at radius 2 is 1.95 bits per heavy atom. The molecule has 12 heteroatoms. The number of nitrogens with zero attached hydrogens (tertiary/aromatic N) is 3. The van der Waals surface area contributed by atoms with E-state index in [9.17, 15) is 9.59 Å². The maximum atomic E-state index is 11.4. The predicted octanol–water partition coefficient (Wildman–Crippen LogP) is 1.68. The number of nitrogens with one attached hydrogen (secondary N) is 1. The summed E-state index contributed by atoms with van der Waals surface area (Å²) in [5.41, 5.74) is 8.37. The molecule has 2 heterocycles. The number of carbonyl (C=O) groups is 2. The van der Waals surface area contributed by atoms with Crippen molar-refractivity contribution < 1.29 is 34.0 Å². The standard InChI is InChI=1S/C21H25NO5.C8H14N4O2/c1-2-25-20(21(23)24)15-16-7-9-17(10-8-16)26-13-11-22-12-14-27-19-6-4-3-5-18(19)22;1-12(5-13)8(14)7(9)2-6-3-10-4-11-6/h3-10,20H,2,11-15H2,1H3,(H,23,24);3-4,7,13H,2,5,9H2,1H3,(H,10,11)/t;7-/m.0/s1. The Morgan fingerprint density at radius 1 is 1.20 bits per heavy atom.